The molecule has 0 aliphatic heterocycles. The molecular formula is C19H42P2. The van der Waals surface area contributed by atoms with Crippen molar-refractivity contribution in [2.75, 3.05) is 24.6 Å². The Kier molecular flexibility index (Phi) is 13.9. The van der Waals surface area contributed by atoms with Crippen molar-refractivity contribution in [1.29, 1.82) is 0 Å². The molecule has 0 fully saturated rings. The number of hydrogen-bond donors (Lipinski definition) is 0. The largest absolute Gasteiger partial charge is 0.0965 e. The van der Waals surface area contributed by atoms with E-state index in [4.69, 9.17) is 0 Å². The van der Waals surface area contributed by atoms with Gasteiger partial charge in [-0.05, 0) is 50.3 Å². The average molecular weight is 332 g/mol. The SMILES string of the molecule is CCCCP(CCCC)C(C)(C)P(CCCC)CCCC. The van der Waals surface area contributed by atoms with Gasteiger partial charge in [-0.1, -0.05) is 83.1 Å². The summed E-state index contributed by atoms with van der Waals surface area (Å²) < 4.78 is 0. The first-order chi connectivity index (χ1) is 10.0. The molecule has 2 heteroatoms. The molecule has 0 amide bonds. The lowest BCUT2D eigenvalue weighted by molar-refractivity contribution is 0.825. The molecule has 0 bridgehead atoms. The van der Waals surface area contributed by atoms with E-state index in [0.29, 0.717) is 4.90 Å². The van der Waals surface area contributed by atoms with Gasteiger partial charge >= 0.3 is 0 Å². The van der Waals surface area contributed by atoms with E-state index >= 15 is 0 Å². The fraction of sp³-hybridized carbons (Fsp3) is 1.00. The maximum absolute atomic E-state index is 2.65. The van der Waals surface area contributed by atoms with E-state index < -0.39 is 0 Å². The van der Waals surface area contributed by atoms with Crippen molar-refractivity contribution >= 4 is 15.8 Å². The molecule has 0 nitrogen and oxygen atoms in total. The van der Waals surface area contributed by atoms with Crippen molar-refractivity contribution in [3.8, 4) is 0 Å². The normalized spacial score (nSPS) is 12.6. The van der Waals surface area contributed by atoms with Gasteiger partial charge in [-0.2, -0.15) is 0 Å². The zero-order valence-corrected chi connectivity index (χ0v) is 17.7. The molecule has 0 aliphatic rings. The summed E-state index contributed by atoms with van der Waals surface area (Å²) in [7, 11) is 0.481. The van der Waals surface area contributed by atoms with Gasteiger partial charge in [-0.25, -0.2) is 0 Å². The van der Waals surface area contributed by atoms with Crippen molar-refractivity contribution in [2.24, 2.45) is 0 Å². The summed E-state index contributed by atoms with van der Waals surface area (Å²) in [5, 5.41) is 0. The third kappa shape index (κ3) is 8.91. The Morgan fingerprint density at radius 1 is 0.524 bits per heavy atom. The zero-order valence-electron chi connectivity index (χ0n) is 15.9. The van der Waals surface area contributed by atoms with Gasteiger partial charge in [-0.15, -0.1) is 0 Å². The Morgan fingerprint density at radius 2 is 0.762 bits per heavy atom. The summed E-state index contributed by atoms with van der Waals surface area (Å²) in [4.78, 5) is 0.666. The molecular weight excluding hydrogens is 290 g/mol. The van der Waals surface area contributed by atoms with Crippen LogP contribution in [0.25, 0.3) is 0 Å². The minimum absolute atomic E-state index is 0.241. The Labute approximate surface area is 138 Å². The second kappa shape index (κ2) is 13.3. The molecule has 0 aliphatic carbocycles. The summed E-state index contributed by atoms with van der Waals surface area (Å²) in [6, 6.07) is 0. The quantitative estimate of drug-likeness (QED) is 0.284. The molecule has 0 aromatic carbocycles. The van der Waals surface area contributed by atoms with Gasteiger partial charge < -0.3 is 0 Å². The van der Waals surface area contributed by atoms with Crippen LogP contribution in [0, 0.1) is 0 Å². The Hall–Kier alpha value is 0.860. The van der Waals surface area contributed by atoms with E-state index in [2.05, 4.69) is 41.5 Å². The predicted molar refractivity (Wildman–Crippen MR) is 107 cm³/mol. The van der Waals surface area contributed by atoms with Gasteiger partial charge in [0.2, 0.25) is 0 Å². The van der Waals surface area contributed by atoms with E-state index in [1.54, 1.807) is 0 Å². The lowest BCUT2D eigenvalue weighted by atomic mass is 10.4. The highest BCUT2D eigenvalue weighted by molar-refractivity contribution is 7.77. The van der Waals surface area contributed by atoms with Gasteiger partial charge in [0, 0.05) is 4.90 Å². The monoisotopic (exact) mass is 332 g/mol. The third-order valence-electron chi connectivity index (χ3n) is 4.67. The summed E-state index contributed by atoms with van der Waals surface area (Å²) in [6.07, 6.45) is 17.5. The highest BCUT2D eigenvalue weighted by atomic mass is 31.2. The minimum atomic E-state index is 0.241. The zero-order chi connectivity index (χ0) is 16.1. The van der Waals surface area contributed by atoms with Crippen LogP contribution in [0.5, 0.6) is 0 Å². The van der Waals surface area contributed by atoms with Crippen molar-refractivity contribution in [2.45, 2.75) is 97.8 Å². The Balaban J connectivity index is 4.84. The molecule has 0 heterocycles. The van der Waals surface area contributed by atoms with Crippen molar-refractivity contribution in [1.82, 2.24) is 0 Å². The highest BCUT2D eigenvalue weighted by Crippen LogP contribution is 2.67. The fourth-order valence-electron chi connectivity index (χ4n) is 2.91. The van der Waals surface area contributed by atoms with Crippen LogP contribution in [-0.4, -0.2) is 29.5 Å². The lowest BCUT2D eigenvalue weighted by Gasteiger charge is -2.43. The average Bonchev–Trinajstić information content (AvgIpc) is 2.47. The van der Waals surface area contributed by atoms with Crippen molar-refractivity contribution in [3.63, 3.8) is 0 Å². The Bertz CT molecular complexity index is 188. The van der Waals surface area contributed by atoms with Gasteiger partial charge in [0.15, 0.2) is 0 Å². The molecule has 128 valence electrons. The van der Waals surface area contributed by atoms with E-state index in [-0.39, 0.29) is 15.8 Å². The molecule has 0 saturated heterocycles. The van der Waals surface area contributed by atoms with Crippen LogP contribution in [0.15, 0.2) is 0 Å². The first-order valence-corrected chi connectivity index (χ1v) is 13.0. The van der Waals surface area contributed by atoms with Gasteiger partial charge in [-0.3, -0.25) is 0 Å². The van der Waals surface area contributed by atoms with Crippen LogP contribution < -0.4 is 0 Å². The molecule has 0 radical (unpaired) electrons. The van der Waals surface area contributed by atoms with E-state index in [0.717, 1.165) is 0 Å². The Morgan fingerprint density at radius 3 is 0.952 bits per heavy atom. The van der Waals surface area contributed by atoms with Crippen molar-refractivity contribution in [3.05, 3.63) is 0 Å². The summed E-state index contributed by atoms with van der Waals surface area (Å²) >= 11 is 0. The van der Waals surface area contributed by atoms with E-state index in [1.165, 1.54) is 76.0 Å². The molecule has 0 atom stereocenters. The van der Waals surface area contributed by atoms with Crippen LogP contribution >= 0.6 is 15.8 Å². The molecule has 0 unspecified atom stereocenters. The summed E-state index contributed by atoms with van der Waals surface area (Å²) in [6.45, 7) is 14.7. The second-order valence-electron chi connectivity index (χ2n) is 6.88. The highest BCUT2D eigenvalue weighted by Gasteiger charge is 2.34. The van der Waals surface area contributed by atoms with E-state index in [1.807, 2.05) is 0 Å². The molecule has 0 rings (SSSR count). The predicted octanol–water partition coefficient (Wildman–Crippen LogP) is 7.89. The van der Waals surface area contributed by atoms with Gasteiger partial charge in [0.05, 0.1) is 0 Å². The standard InChI is InChI=1S/C19H42P2/c1-7-11-15-20(16-12-8-2)19(5,6)21(17-13-9-3)18-14-10-4/h7-18H2,1-6H3. The molecule has 21 heavy (non-hydrogen) atoms. The maximum atomic E-state index is 2.65. The van der Waals surface area contributed by atoms with Gasteiger partial charge in [0.1, 0.15) is 0 Å². The van der Waals surface area contributed by atoms with Crippen LogP contribution in [-0.2, 0) is 0 Å². The van der Waals surface area contributed by atoms with Gasteiger partial charge in [0.25, 0.3) is 0 Å². The maximum Gasteiger partial charge on any atom is 0.00497 e. The second-order valence-corrected chi connectivity index (χ2v) is 13.4. The van der Waals surface area contributed by atoms with Crippen LogP contribution in [0.3, 0.4) is 0 Å². The topological polar surface area (TPSA) is 0 Å². The lowest BCUT2D eigenvalue weighted by Crippen LogP contribution is -2.22. The smallest absolute Gasteiger partial charge is 0.00497 e. The van der Waals surface area contributed by atoms with Crippen molar-refractivity contribution < 1.29 is 0 Å². The number of hydrogen-bond acceptors (Lipinski definition) is 0. The first-order valence-electron chi connectivity index (χ1n) is 9.54. The minimum Gasteiger partial charge on any atom is -0.0965 e. The molecule has 0 spiro atoms. The number of unbranched alkanes of at least 4 members (excludes halogenated alkanes) is 4. The number of rotatable bonds is 14. The van der Waals surface area contributed by atoms with Crippen LogP contribution in [0.1, 0.15) is 92.9 Å². The molecule has 0 aromatic rings. The van der Waals surface area contributed by atoms with E-state index in [9.17, 15) is 0 Å². The molecule has 0 aromatic heterocycles. The van der Waals surface area contributed by atoms with Crippen LogP contribution in [0.2, 0.25) is 0 Å². The molecule has 0 N–H and O–H groups in total. The summed E-state index contributed by atoms with van der Waals surface area (Å²) in [5.74, 6) is 0. The third-order valence-corrected chi connectivity index (χ3v) is 12.9. The first kappa shape index (κ1) is 21.9. The fourth-order valence-corrected chi connectivity index (χ4v) is 11.1. The van der Waals surface area contributed by atoms with Crippen LogP contribution in [0.4, 0.5) is 0 Å². The summed E-state index contributed by atoms with van der Waals surface area (Å²) in [5.41, 5.74) is 0. The molecule has 0 saturated carbocycles.